The first kappa shape index (κ1) is 13.0. The largest absolute Gasteiger partial charge is 0.507 e. The minimum Gasteiger partial charge on any atom is -0.507 e. The zero-order valence-electron chi connectivity index (χ0n) is 8.33. The number of thiol groups is 1. The van der Waals surface area contributed by atoms with Crippen molar-refractivity contribution in [1.29, 1.82) is 0 Å². The van der Waals surface area contributed by atoms with Gasteiger partial charge < -0.3 is 5.11 Å². The van der Waals surface area contributed by atoms with E-state index in [1.54, 1.807) is 12.2 Å². The Kier molecular flexibility index (Phi) is 4.29. The van der Waals surface area contributed by atoms with Crippen molar-refractivity contribution in [3.8, 4) is 5.75 Å². The average Bonchev–Trinajstić information content (AvgIpc) is 2.19. The van der Waals surface area contributed by atoms with E-state index in [2.05, 4.69) is 12.6 Å². The number of aromatic hydroxyl groups is 1. The molecule has 0 radical (unpaired) electrons. The Morgan fingerprint density at radius 2 is 2.00 bits per heavy atom. The van der Waals surface area contributed by atoms with E-state index in [0.717, 1.165) is 12.1 Å². The Hall–Kier alpha value is -1.10. The van der Waals surface area contributed by atoms with Crippen LogP contribution in [0.2, 0.25) is 0 Å². The Bertz CT molecular complexity index is 385. The lowest BCUT2D eigenvalue weighted by Gasteiger charge is -2.09. The number of alkyl halides is 3. The maximum absolute atomic E-state index is 12.4. The molecule has 0 aliphatic carbocycles. The van der Waals surface area contributed by atoms with E-state index in [-0.39, 0.29) is 0 Å². The zero-order valence-corrected chi connectivity index (χ0v) is 9.22. The third-order valence-corrected chi connectivity index (χ3v) is 2.19. The molecule has 1 N–H and O–H groups in total. The topological polar surface area (TPSA) is 20.2 Å². The Morgan fingerprint density at radius 1 is 1.31 bits per heavy atom. The van der Waals surface area contributed by atoms with E-state index in [1.807, 2.05) is 0 Å². The summed E-state index contributed by atoms with van der Waals surface area (Å²) in [4.78, 5) is 0. The fourth-order valence-electron chi connectivity index (χ4n) is 1.18. The van der Waals surface area contributed by atoms with Gasteiger partial charge in [0.25, 0.3) is 0 Å². The zero-order chi connectivity index (χ0) is 12.2. The molecule has 0 atom stereocenters. The standard InChI is InChI=1S/C11H11F3OS/c12-11(13,14)9-7-8(3-1-2-6-16)4-5-10(9)15/h1,3-5,7,15-16H,2,6H2. The van der Waals surface area contributed by atoms with Crippen molar-refractivity contribution < 1.29 is 18.3 Å². The second kappa shape index (κ2) is 5.30. The Labute approximate surface area is 97.0 Å². The van der Waals surface area contributed by atoms with Crippen molar-refractivity contribution in [3.05, 3.63) is 35.4 Å². The normalized spacial score (nSPS) is 12.2. The van der Waals surface area contributed by atoms with Crippen LogP contribution in [0.1, 0.15) is 17.5 Å². The molecular formula is C11H11F3OS. The number of hydrogen-bond acceptors (Lipinski definition) is 2. The van der Waals surface area contributed by atoms with E-state index in [1.165, 1.54) is 6.07 Å². The van der Waals surface area contributed by atoms with Gasteiger partial charge in [0.05, 0.1) is 5.56 Å². The summed E-state index contributed by atoms with van der Waals surface area (Å²) >= 11 is 3.98. The quantitative estimate of drug-likeness (QED) is 0.781. The summed E-state index contributed by atoms with van der Waals surface area (Å²) in [5, 5.41) is 9.09. The second-order valence-corrected chi connectivity index (χ2v) is 3.64. The molecule has 0 saturated heterocycles. The number of phenols is 1. The number of halogens is 3. The van der Waals surface area contributed by atoms with Gasteiger partial charge in [0.2, 0.25) is 0 Å². The maximum atomic E-state index is 12.4. The van der Waals surface area contributed by atoms with Gasteiger partial charge in [-0.3, -0.25) is 0 Å². The molecule has 1 aromatic rings. The van der Waals surface area contributed by atoms with Crippen LogP contribution in [0.15, 0.2) is 24.3 Å². The average molecular weight is 248 g/mol. The molecule has 88 valence electrons. The van der Waals surface area contributed by atoms with Crippen molar-refractivity contribution in [3.63, 3.8) is 0 Å². The third-order valence-electron chi connectivity index (χ3n) is 1.93. The van der Waals surface area contributed by atoms with E-state index >= 15 is 0 Å². The van der Waals surface area contributed by atoms with Crippen molar-refractivity contribution >= 4 is 18.7 Å². The molecule has 1 aromatic carbocycles. The first-order valence-electron chi connectivity index (χ1n) is 4.63. The van der Waals surface area contributed by atoms with Gasteiger partial charge in [0.1, 0.15) is 5.75 Å². The minimum absolute atomic E-state index is 0.409. The van der Waals surface area contributed by atoms with E-state index in [9.17, 15) is 13.2 Å². The number of rotatable bonds is 3. The molecule has 1 nitrogen and oxygen atoms in total. The summed E-state index contributed by atoms with van der Waals surface area (Å²) in [6.07, 6.45) is -0.534. The number of hydrogen-bond donors (Lipinski definition) is 2. The van der Waals surface area contributed by atoms with Crippen LogP contribution in [0.25, 0.3) is 6.08 Å². The molecule has 0 aliphatic rings. The summed E-state index contributed by atoms with van der Waals surface area (Å²) in [6, 6.07) is 3.40. The van der Waals surface area contributed by atoms with E-state index in [0.29, 0.717) is 17.7 Å². The third kappa shape index (κ3) is 3.48. The first-order valence-corrected chi connectivity index (χ1v) is 5.26. The molecule has 5 heteroatoms. The summed E-state index contributed by atoms with van der Waals surface area (Å²) < 4.78 is 37.3. The molecule has 1 rings (SSSR count). The molecule has 0 amide bonds. The summed E-state index contributed by atoms with van der Waals surface area (Å²) in [7, 11) is 0. The van der Waals surface area contributed by atoms with Crippen LogP contribution in [0.5, 0.6) is 5.75 Å². The minimum atomic E-state index is -4.53. The lowest BCUT2D eigenvalue weighted by atomic mass is 10.1. The highest BCUT2D eigenvalue weighted by Gasteiger charge is 2.33. The Balaban J connectivity index is 2.99. The van der Waals surface area contributed by atoms with Crippen LogP contribution in [0.3, 0.4) is 0 Å². The summed E-state index contributed by atoms with van der Waals surface area (Å²) in [5.41, 5.74) is -0.604. The fraction of sp³-hybridized carbons (Fsp3) is 0.273. The highest BCUT2D eigenvalue weighted by atomic mass is 32.1. The number of benzene rings is 1. The maximum Gasteiger partial charge on any atom is 0.419 e. The molecule has 0 aliphatic heterocycles. The van der Waals surface area contributed by atoms with Gasteiger partial charge in [-0.15, -0.1) is 0 Å². The van der Waals surface area contributed by atoms with Gasteiger partial charge in [0, 0.05) is 0 Å². The lowest BCUT2D eigenvalue weighted by molar-refractivity contribution is -0.138. The van der Waals surface area contributed by atoms with Gasteiger partial charge in [-0.05, 0) is 29.9 Å². The van der Waals surface area contributed by atoms with Crippen LogP contribution in [0.4, 0.5) is 13.2 Å². The predicted molar refractivity (Wildman–Crippen MR) is 60.6 cm³/mol. The predicted octanol–water partition coefficient (Wildman–Crippen LogP) is 3.74. The molecule has 0 heterocycles. The van der Waals surface area contributed by atoms with Crippen molar-refractivity contribution in [2.24, 2.45) is 0 Å². The van der Waals surface area contributed by atoms with Crippen LogP contribution in [-0.4, -0.2) is 10.9 Å². The molecule has 0 aromatic heterocycles. The number of allylic oxidation sites excluding steroid dienone is 1. The smallest absolute Gasteiger partial charge is 0.419 e. The summed E-state index contributed by atoms with van der Waals surface area (Å²) in [6.45, 7) is 0. The molecule has 0 fully saturated rings. The SMILES string of the molecule is Oc1ccc(C=CCCS)cc1C(F)(F)F. The highest BCUT2D eigenvalue weighted by molar-refractivity contribution is 7.80. The molecule has 16 heavy (non-hydrogen) atoms. The van der Waals surface area contributed by atoms with Crippen LogP contribution >= 0.6 is 12.6 Å². The monoisotopic (exact) mass is 248 g/mol. The molecular weight excluding hydrogens is 237 g/mol. The van der Waals surface area contributed by atoms with Gasteiger partial charge in [-0.1, -0.05) is 18.2 Å². The molecule has 0 spiro atoms. The van der Waals surface area contributed by atoms with Gasteiger partial charge in [0.15, 0.2) is 0 Å². The fourth-order valence-corrected chi connectivity index (χ4v) is 1.33. The second-order valence-electron chi connectivity index (χ2n) is 3.19. The van der Waals surface area contributed by atoms with Gasteiger partial charge in [-0.2, -0.15) is 25.8 Å². The van der Waals surface area contributed by atoms with Crippen molar-refractivity contribution in [1.82, 2.24) is 0 Å². The Morgan fingerprint density at radius 3 is 2.56 bits per heavy atom. The van der Waals surface area contributed by atoms with Crippen molar-refractivity contribution in [2.45, 2.75) is 12.6 Å². The highest BCUT2D eigenvalue weighted by Crippen LogP contribution is 2.36. The summed E-state index contributed by atoms with van der Waals surface area (Å²) in [5.74, 6) is -0.111. The van der Waals surface area contributed by atoms with Crippen LogP contribution in [-0.2, 0) is 6.18 Å². The van der Waals surface area contributed by atoms with Gasteiger partial charge >= 0.3 is 6.18 Å². The lowest BCUT2D eigenvalue weighted by Crippen LogP contribution is -2.05. The van der Waals surface area contributed by atoms with Crippen molar-refractivity contribution in [2.75, 3.05) is 5.75 Å². The van der Waals surface area contributed by atoms with E-state index in [4.69, 9.17) is 5.11 Å². The van der Waals surface area contributed by atoms with Gasteiger partial charge in [-0.25, -0.2) is 0 Å². The number of phenolic OH excluding ortho intramolecular Hbond substituents is 1. The molecule has 0 saturated carbocycles. The van der Waals surface area contributed by atoms with Crippen LogP contribution < -0.4 is 0 Å². The molecule has 0 bridgehead atoms. The van der Waals surface area contributed by atoms with Crippen LogP contribution in [0, 0.1) is 0 Å². The molecule has 0 unspecified atom stereocenters. The van der Waals surface area contributed by atoms with E-state index < -0.39 is 17.5 Å². The first-order chi connectivity index (χ1) is 7.45.